The van der Waals surface area contributed by atoms with E-state index in [0.717, 1.165) is 0 Å². The Morgan fingerprint density at radius 1 is 0.490 bits per heavy atom. The van der Waals surface area contributed by atoms with Gasteiger partial charge in [0.05, 0.1) is 11.0 Å². The summed E-state index contributed by atoms with van der Waals surface area (Å²) in [5.41, 5.74) is 18.1. The van der Waals surface area contributed by atoms with Gasteiger partial charge in [-0.15, -0.1) is 0 Å². The van der Waals surface area contributed by atoms with Crippen LogP contribution in [-0.2, 0) is 5.41 Å². The number of benzene rings is 7. The number of para-hydroxylation sites is 4. The minimum Gasteiger partial charge on any atom is -0.375 e. The lowest BCUT2D eigenvalue weighted by atomic mass is 9.43. The van der Waals surface area contributed by atoms with Gasteiger partial charge in [0, 0.05) is 66.3 Å². The molecule has 0 N–H and O–H groups in total. The van der Waals surface area contributed by atoms with Crippen LogP contribution in [0.4, 0.5) is 11.4 Å². The van der Waals surface area contributed by atoms with Crippen molar-refractivity contribution in [1.82, 2.24) is 9.05 Å². The monoisotopic (exact) mass is 649 g/mol. The van der Waals surface area contributed by atoms with E-state index in [2.05, 4.69) is 186 Å². The summed E-state index contributed by atoms with van der Waals surface area (Å²) in [7, 11) is 0. The molecule has 0 atom stereocenters. The molecule has 2 aromatic heterocycles. The summed E-state index contributed by atoms with van der Waals surface area (Å²) in [5, 5.41) is 5.17. The lowest BCUT2D eigenvalue weighted by molar-refractivity contribution is 0.625. The number of nitrogens with zero attached hydrogens (tertiary/aromatic N) is 3. The smallest absolute Gasteiger partial charge is 0.333 e. The fraction of sp³-hybridized carbons (Fsp3) is 0.0638. The standard InChI is InChI=1S/C47H32BN3/c1-47(2)38-24-11-9-20-35(38)44-46(47)50(30-17-7-4-8-18-30)40-26-14-21-32-33-22-13-23-34-37-27-41-36(28-42(37)51(45(33)34)48(44)43(32)40)31-19-10-12-25-39(31)49(41)29-15-5-3-6-16-29/h3-28H,1-2H3. The van der Waals surface area contributed by atoms with Crippen molar-refractivity contribution in [3.63, 3.8) is 0 Å². The maximum absolute atomic E-state index is 2.72. The average Bonchev–Trinajstić information content (AvgIpc) is 3.76. The van der Waals surface area contributed by atoms with Gasteiger partial charge in [-0.3, -0.25) is 0 Å². The first-order chi connectivity index (χ1) is 25.1. The van der Waals surface area contributed by atoms with Crippen LogP contribution in [0.1, 0.15) is 25.0 Å². The molecule has 7 aromatic carbocycles. The zero-order valence-corrected chi connectivity index (χ0v) is 28.4. The Labute approximate surface area is 296 Å². The van der Waals surface area contributed by atoms with Crippen molar-refractivity contribution in [1.29, 1.82) is 0 Å². The molecule has 0 bridgehead atoms. The van der Waals surface area contributed by atoms with E-state index in [1.807, 2.05) is 0 Å². The van der Waals surface area contributed by atoms with Gasteiger partial charge >= 0.3 is 6.85 Å². The van der Waals surface area contributed by atoms with Gasteiger partial charge in [0.2, 0.25) is 0 Å². The predicted octanol–water partition coefficient (Wildman–Crippen LogP) is 11.0. The highest BCUT2D eigenvalue weighted by molar-refractivity contribution is 6.93. The maximum Gasteiger partial charge on any atom is 0.333 e. The van der Waals surface area contributed by atoms with Crippen LogP contribution in [0.25, 0.3) is 65.9 Å². The minimum absolute atomic E-state index is 0.0175. The highest BCUT2D eigenvalue weighted by atomic mass is 15.2. The molecular formula is C47H32BN3. The van der Waals surface area contributed by atoms with E-state index >= 15 is 0 Å². The minimum atomic E-state index is -0.203. The van der Waals surface area contributed by atoms with Crippen LogP contribution < -0.4 is 10.4 Å². The first-order valence-electron chi connectivity index (χ1n) is 18.0. The number of hydrogen-bond donors (Lipinski definition) is 0. The molecule has 12 rings (SSSR count). The summed E-state index contributed by atoms with van der Waals surface area (Å²) in [6.45, 7) is 4.85. The van der Waals surface area contributed by atoms with E-state index < -0.39 is 0 Å². The fourth-order valence-corrected chi connectivity index (χ4v) is 10.1. The van der Waals surface area contributed by atoms with Crippen LogP contribution in [0, 0.1) is 0 Å². The van der Waals surface area contributed by atoms with Crippen molar-refractivity contribution < 1.29 is 0 Å². The summed E-state index contributed by atoms with van der Waals surface area (Å²) in [4.78, 5) is 2.58. The quantitative estimate of drug-likeness (QED) is 0.170. The first-order valence-corrected chi connectivity index (χ1v) is 18.0. The van der Waals surface area contributed by atoms with Gasteiger partial charge in [-0.2, -0.15) is 0 Å². The van der Waals surface area contributed by atoms with Gasteiger partial charge < -0.3 is 13.9 Å². The SMILES string of the molecule is CC1(C)C2=C(B3c4c(cccc4N2c2ccccc2)-c2cccc4c5cc6c(cc5n3c24)c2ccccc2n6-c2ccccc2)c2ccccc21. The second-order valence-electron chi connectivity index (χ2n) is 14.9. The highest BCUT2D eigenvalue weighted by Gasteiger charge is 2.52. The largest absolute Gasteiger partial charge is 0.375 e. The summed E-state index contributed by atoms with van der Waals surface area (Å²) < 4.78 is 5.16. The second-order valence-corrected chi connectivity index (χ2v) is 14.9. The molecule has 0 saturated carbocycles. The zero-order valence-electron chi connectivity index (χ0n) is 28.4. The van der Waals surface area contributed by atoms with E-state index in [-0.39, 0.29) is 12.3 Å². The Morgan fingerprint density at radius 2 is 1.12 bits per heavy atom. The van der Waals surface area contributed by atoms with Crippen molar-refractivity contribution in [3.05, 3.63) is 175 Å². The lowest BCUT2D eigenvalue weighted by Crippen LogP contribution is -2.50. The third kappa shape index (κ3) is 3.31. The van der Waals surface area contributed by atoms with E-state index in [4.69, 9.17) is 0 Å². The van der Waals surface area contributed by atoms with Crippen LogP contribution >= 0.6 is 0 Å². The number of allylic oxidation sites excluding steroid dienone is 1. The van der Waals surface area contributed by atoms with E-state index in [1.165, 1.54) is 99.6 Å². The topological polar surface area (TPSA) is 13.1 Å². The molecule has 0 spiro atoms. The van der Waals surface area contributed by atoms with Crippen LogP contribution in [0.3, 0.4) is 0 Å². The molecule has 238 valence electrons. The molecule has 2 aliphatic heterocycles. The van der Waals surface area contributed by atoms with Crippen molar-refractivity contribution in [2.45, 2.75) is 19.3 Å². The molecule has 4 heterocycles. The molecule has 0 saturated heterocycles. The first kappa shape index (κ1) is 27.6. The third-order valence-electron chi connectivity index (χ3n) is 12.0. The summed E-state index contributed by atoms with van der Waals surface area (Å²) >= 11 is 0. The maximum atomic E-state index is 2.72. The van der Waals surface area contributed by atoms with Gasteiger partial charge in [-0.1, -0.05) is 123 Å². The summed E-state index contributed by atoms with van der Waals surface area (Å²) in [6, 6.07) is 58.7. The van der Waals surface area contributed by atoms with Gasteiger partial charge in [-0.25, -0.2) is 0 Å². The van der Waals surface area contributed by atoms with E-state index in [9.17, 15) is 0 Å². The summed E-state index contributed by atoms with van der Waals surface area (Å²) in [6.07, 6.45) is 0. The number of hydrogen-bond acceptors (Lipinski definition) is 1. The Hall–Kier alpha value is -6.26. The fourth-order valence-electron chi connectivity index (χ4n) is 10.1. The van der Waals surface area contributed by atoms with Crippen molar-refractivity contribution in [2.75, 3.05) is 4.90 Å². The van der Waals surface area contributed by atoms with Crippen LogP contribution in [0.15, 0.2) is 163 Å². The molecule has 4 heteroatoms. The Kier molecular flexibility index (Phi) is 5.13. The van der Waals surface area contributed by atoms with Gasteiger partial charge in [0.25, 0.3) is 0 Å². The van der Waals surface area contributed by atoms with Crippen molar-refractivity contribution in [2.24, 2.45) is 0 Å². The molecule has 0 fully saturated rings. The molecule has 9 aromatic rings. The highest BCUT2D eigenvalue weighted by Crippen LogP contribution is 2.56. The number of fused-ring (bicyclic) bond motifs is 11. The second kappa shape index (κ2) is 9.50. The molecule has 51 heavy (non-hydrogen) atoms. The number of aromatic nitrogens is 2. The third-order valence-corrected chi connectivity index (χ3v) is 12.0. The normalized spacial score (nSPS) is 15.3. The molecule has 0 unspecified atom stereocenters. The number of anilines is 2. The van der Waals surface area contributed by atoms with Crippen molar-refractivity contribution in [3.8, 4) is 16.8 Å². The molecule has 3 nitrogen and oxygen atoms in total. The predicted molar refractivity (Wildman–Crippen MR) is 215 cm³/mol. The van der Waals surface area contributed by atoms with Crippen LogP contribution in [-0.4, -0.2) is 15.9 Å². The van der Waals surface area contributed by atoms with Gasteiger partial charge in [-0.05, 0) is 76.2 Å². The molecule has 0 radical (unpaired) electrons. The average molecular weight is 650 g/mol. The van der Waals surface area contributed by atoms with Crippen molar-refractivity contribution >= 4 is 72.8 Å². The molecule has 1 aliphatic carbocycles. The molecule has 3 aliphatic rings. The van der Waals surface area contributed by atoms with Gasteiger partial charge in [0.15, 0.2) is 0 Å². The Bertz CT molecular complexity index is 3000. The van der Waals surface area contributed by atoms with E-state index in [1.54, 1.807) is 0 Å². The molecule has 0 amide bonds. The Balaban J connectivity index is 1.27. The zero-order chi connectivity index (χ0) is 33.6. The van der Waals surface area contributed by atoms with Crippen LogP contribution in [0.2, 0.25) is 0 Å². The molecular weight excluding hydrogens is 617 g/mol. The lowest BCUT2D eigenvalue weighted by Gasteiger charge is -2.43. The van der Waals surface area contributed by atoms with Crippen LogP contribution in [0.5, 0.6) is 0 Å². The summed E-state index contributed by atoms with van der Waals surface area (Å²) in [5.74, 6) is 0. The van der Waals surface area contributed by atoms with Gasteiger partial charge in [0.1, 0.15) is 0 Å². The Morgan fingerprint density at radius 3 is 1.96 bits per heavy atom. The van der Waals surface area contributed by atoms with E-state index in [0.29, 0.717) is 0 Å². The number of rotatable bonds is 2.